The second-order valence-electron chi connectivity index (χ2n) is 5.56. The van der Waals surface area contributed by atoms with Gasteiger partial charge in [-0.25, -0.2) is 14.5 Å². The van der Waals surface area contributed by atoms with Crippen molar-refractivity contribution in [1.29, 1.82) is 0 Å². The van der Waals surface area contributed by atoms with Gasteiger partial charge in [0.2, 0.25) is 11.8 Å². The van der Waals surface area contributed by atoms with Crippen LogP contribution in [0, 0.1) is 5.95 Å². The number of nitrogens with zero attached hydrogens (tertiary/aromatic N) is 6. The highest BCUT2D eigenvalue weighted by Crippen LogP contribution is 2.23. The van der Waals surface area contributed by atoms with E-state index in [0.29, 0.717) is 17.3 Å². The molecule has 0 radical (unpaired) electrons. The van der Waals surface area contributed by atoms with E-state index >= 15 is 0 Å². The van der Waals surface area contributed by atoms with Crippen LogP contribution in [0.15, 0.2) is 67.3 Å². The molecule has 0 amide bonds. The zero-order valence-electron chi connectivity index (χ0n) is 14.9. The van der Waals surface area contributed by atoms with E-state index in [1.807, 2.05) is 55.1 Å². The molecule has 27 heavy (non-hydrogen) atoms. The summed E-state index contributed by atoms with van der Waals surface area (Å²) in [5.74, 6) is 0.490. The summed E-state index contributed by atoms with van der Waals surface area (Å²) in [7, 11) is 0. The first kappa shape index (κ1) is 16.8. The maximum Gasteiger partial charge on any atom is 0.213 e. The van der Waals surface area contributed by atoms with Gasteiger partial charge in [0.25, 0.3) is 0 Å². The molecule has 6 nitrogen and oxygen atoms in total. The predicted molar refractivity (Wildman–Crippen MR) is 102 cm³/mol. The van der Waals surface area contributed by atoms with Crippen molar-refractivity contribution in [2.24, 2.45) is 0 Å². The molecule has 0 bridgehead atoms. The van der Waals surface area contributed by atoms with Crippen molar-refractivity contribution in [3.8, 4) is 17.3 Å². The third-order valence-electron chi connectivity index (χ3n) is 4.03. The molecule has 5 rings (SSSR count). The summed E-state index contributed by atoms with van der Waals surface area (Å²) < 4.78 is 17.2. The van der Waals surface area contributed by atoms with Crippen molar-refractivity contribution in [2.45, 2.75) is 13.8 Å². The normalized spacial score (nSPS) is 10.8. The molecule has 7 heteroatoms. The summed E-state index contributed by atoms with van der Waals surface area (Å²) in [5, 5.41) is 5.46. The van der Waals surface area contributed by atoms with Gasteiger partial charge in [-0.1, -0.05) is 19.9 Å². The van der Waals surface area contributed by atoms with Crippen LogP contribution in [0.5, 0.6) is 0 Å². The average molecular weight is 360 g/mol. The standard InChI is InChI=1S/C18H11FN6.C2H6/c19-16-5-1-3-13(21-16)17-22-18(15-4-2-9-25(15)23-17)24-10-7-12-11-20-8-6-14(12)24;1-2/h1-11H;1-2H3. The number of rotatable bonds is 2. The molecule has 0 aliphatic carbocycles. The zero-order chi connectivity index (χ0) is 18.8. The van der Waals surface area contributed by atoms with Gasteiger partial charge in [-0.05, 0) is 36.4 Å². The van der Waals surface area contributed by atoms with E-state index in [9.17, 15) is 4.39 Å². The van der Waals surface area contributed by atoms with Crippen molar-refractivity contribution in [2.75, 3.05) is 0 Å². The van der Waals surface area contributed by atoms with Crippen molar-refractivity contribution >= 4 is 16.4 Å². The fraction of sp³-hybridized carbons (Fsp3) is 0.100. The number of pyridine rings is 2. The summed E-state index contributed by atoms with van der Waals surface area (Å²) in [6, 6.07) is 12.3. The lowest BCUT2D eigenvalue weighted by molar-refractivity contribution is 0.584. The number of hydrogen-bond donors (Lipinski definition) is 0. The fourth-order valence-electron chi connectivity index (χ4n) is 2.90. The third-order valence-corrected chi connectivity index (χ3v) is 4.03. The van der Waals surface area contributed by atoms with E-state index in [2.05, 4.69) is 20.1 Å². The number of fused-ring (bicyclic) bond motifs is 2. The van der Waals surface area contributed by atoms with Gasteiger partial charge in [-0.2, -0.15) is 4.39 Å². The molecule has 0 saturated carbocycles. The summed E-state index contributed by atoms with van der Waals surface area (Å²) in [5.41, 5.74) is 2.21. The van der Waals surface area contributed by atoms with Crippen LogP contribution in [0.4, 0.5) is 4.39 Å². The molecule has 0 spiro atoms. The molecule has 0 fully saturated rings. The zero-order valence-corrected chi connectivity index (χ0v) is 14.9. The van der Waals surface area contributed by atoms with Crippen LogP contribution in [0.3, 0.4) is 0 Å². The minimum Gasteiger partial charge on any atom is -0.299 e. The number of aromatic nitrogens is 6. The minimum atomic E-state index is -0.562. The molecule has 5 heterocycles. The topological polar surface area (TPSA) is 60.9 Å². The molecule has 0 aliphatic rings. The Morgan fingerprint density at radius 2 is 1.78 bits per heavy atom. The highest BCUT2D eigenvalue weighted by Gasteiger charge is 2.14. The molecule has 5 aromatic heterocycles. The number of hydrogen-bond acceptors (Lipinski definition) is 4. The molecular weight excluding hydrogens is 343 g/mol. The van der Waals surface area contributed by atoms with Crippen LogP contribution in [0.2, 0.25) is 0 Å². The Kier molecular flexibility index (Phi) is 4.33. The van der Waals surface area contributed by atoms with Crippen LogP contribution in [0.25, 0.3) is 33.8 Å². The van der Waals surface area contributed by atoms with Crippen molar-refractivity contribution in [3.63, 3.8) is 0 Å². The summed E-state index contributed by atoms with van der Waals surface area (Å²) >= 11 is 0. The van der Waals surface area contributed by atoms with Gasteiger partial charge >= 0.3 is 0 Å². The first-order valence-corrected chi connectivity index (χ1v) is 8.69. The Balaban J connectivity index is 0.000000872. The largest absolute Gasteiger partial charge is 0.299 e. The van der Waals surface area contributed by atoms with Crippen molar-refractivity contribution in [1.82, 2.24) is 29.1 Å². The second-order valence-corrected chi connectivity index (χ2v) is 5.56. The highest BCUT2D eigenvalue weighted by molar-refractivity contribution is 5.82. The molecule has 0 unspecified atom stereocenters. The molecule has 0 N–H and O–H groups in total. The van der Waals surface area contributed by atoms with Gasteiger partial charge in [0.15, 0.2) is 5.82 Å². The van der Waals surface area contributed by atoms with Crippen molar-refractivity contribution < 1.29 is 4.39 Å². The average Bonchev–Trinajstić information content (AvgIpc) is 3.36. The Morgan fingerprint density at radius 1 is 0.889 bits per heavy atom. The minimum absolute atomic E-state index is 0.356. The second kappa shape index (κ2) is 6.95. The quantitative estimate of drug-likeness (QED) is 0.441. The molecule has 0 atom stereocenters. The maximum atomic E-state index is 13.5. The Labute approximate surface area is 155 Å². The van der Waals surface area contributed by atoms with Gasteiger partial charge in [0.1, 0.15) is 11.2 Å². The Bertz CT molecular complexity index is 1220. The number of halogens is 1. The van der Waals surface area contributed by atoms with E-state index in [0.717, 1.165) is 16.4 Å². The van der Waals surface area contributed by atoms with Gasteiger partial charge in [0, 0.05) is 30.2 Å². The van der Waals surface area contributed by atoms with Gasteiger partial charge in [0.05, 0.1) is 5.52 Å². The lowest BCUT2D eigenvalue weighted by atomic mass is 10.3. The predicted octanol–water partition coefficient (Wildman–Crippen LogP) is 4.30. The molecule has 0 saturated heterocycles. The third kappa shape index (κ3) is 2.93. The molecule has 5 aromatic rings. The first-order valence-electron chi connectivity index (χ1n) is 8.69. The Hall–Kier alpha value is -3.61. The molecule has 0 aliphatic heterocycles. The van der Waals surface area contributed by atoms with E-state index in [1.54, 1.807) is 29.0 Å². The van der Waals surface area contributed by atoms with Crippen LogP contribution < -0.4 is 0 Å². The first-order chi connectivity index (χ1) is 13.3. The summed E-state index contributed by atoms with van der Waals surface area (Å²) in [4.78, 5) is 12.7. The van der Waals surface area contributed by atoms with Crippen LogP contribution in [-0.2, 0) is 0 Å². The van der Waals surface area contributed by atoms with Gasteiger partial charge in [-0.15, -0.1) is 5.10 Å². The summed E-state index contributed by atoms with van der Waals surface area (Å²) in [6.07, 6.45) is 7.31. The van der Waals surface area contributed by atoms with E-state index in [-0.39, 0.29) is 0 Å². The lowest BCUT2D eigenvalue weighted by Gasteiger charge is -2.09. The van der Waals surface area contributed by atoms with Crippen LogP contribution in [0.1, 0.15) is 13.8 Å². The monoisotopic (exact) mass is 360 g/mol. The van der Waals surface area contributed by atoms with Crippen LogP contribution >= 0.6 is 0 Å². The van der Waals surface area contributed by atoms with Gasteiger partial charge < -0.3 is 0 Å². The smallest absolute Gasteiger partial charge is 0.213 e. The van der Waals surface area contributed by atoms with Crippen LogP contribution in [-0.4, -0.2) is 29.1 Å². The van der Waals surface area contributed by atoms with E-state index in [1.165, 1.54) is 6.07 Å². The van der Waals surface area contributed by atoms with E-state index < -0.39 is 5.95 Å². The fourth-order valence-corrected chi connectivity index (χ4v) is 2.90. The Morgan fingerprint density at radius 3 is 2.63 bits per heavy atom. The van der Waals surface area contributed by atoms with Gasteiger partial charge in [-0.3, -0.25) is 9.55 Å². The molecule has 134 valence electrons. The molecular formula is C20H17FN6. The van der Waals surface area contributed by atoms with Crippen molar-refractivity contribution in [3.05, 3.63) is 73.2 Å². The highest BCUT2D eigenvalue weighted by atomic mass is 19.1. The SMILES string of the molecule is CC.Fc1cccc(-c2nc(-n3ccc4cnccc43)c3cccn3n2)n1. The summed E-state index contributed by atoms with van der Waals surface area (Å²) in [6.45, 7) is 4.00. The maximum absolute atomic E-state index is 13.5. The van der Waals surface area contributed by atoms with E-state index in [4.69, 9.17) is 0 Å². The lowest BCUT2D eigenvalue weighted by Crippen LogP contribution is -2.06. The molecule has 0 aromatic carbocycles.